The third-order valence-corrected chi connectivity index (χ3v) is 6.65. The molecule has 2 N–H and O–H groups in total. The number of nitrogens with zero attached hydrogens (tertiary/aromatic N) is 3. The molecule has 0 aliphatic carbocycles. The predicted molar refractivity (Wildman–Crippen MR) is 138 cm³/mol. The molecule has 35 heavy (non-hydrogen) atoms. The summed E-state index contributed by atoms with van der Waals surface area (Å²) in [5.74, 6) is 0. The zero-order valence-corrected chi connectivity index (χ0v) is 21.2. The van der Waals surface area contributed by atoms with Gasteiger partial charge in [-0.05, 0) is 64.2 Å². The molecule has 5 nitrogen and oxygen atoms in total. The van der Waals surface area contributed by atoms with Gasteiger partial charge in [0, 0.05) is 71.8 Å². The third kappa shape index (κ3) is 5.66. The van der Waals surface area contributed by atoms with E-state index in [2.05, 4.69) is 41.3 Å². The quantitative estimate of drug-likeness (QED) is 0.426. The SMILES string of the molecule is CNCc1cnc2ccc(Cl)cc2c1Nc1ccc(N2CCN(C(C)(C)C)CC2)c(C(F)(F)F)c1. The zero-order valence-electron chi connectivity index (χ0n) is 20.4. The summed E-state index contributed by atoms with van der Waals surface area (Å²) >= 11 is 6.22. The molecule has 188 valence electrons. The highest BCUT2D eigenvalue weighted by Crippen LogP contribution is 2.40. The lowest BCUT2D eigenvalue weighted by Crippen LogP contribution is -2.53. The Bertz CT molecular complexity index is 1200. The maximum Gasteiger partial charge on any atom is 0.418 e. The van der Waals surface area contributed by atoms with Crippen LogP contribution in [0.3, 0.4) is 0 Å². The van der Waals surface area contributed by atoms with E-state index in [0.717, 1.165) is 24.0 Å². The van der Waals surface area contributed by atoms with Gasteiger partial charge in [-0.25, -0.2) is 0 Å². The summed E-state index contributed by atoms with van der Waals surface area (Å²) in [7, 11) is 1.81. The number of hydrogen-bond acceptors (Lipinski definition) is 5. The van der Waals surface area contributed by atoms with E-state index in [1.54, 1.807) is 36.5 Å². The second-order valence-corrected chi connectivity index (χ2v) is 10.3. The van der Waals surface area contributed by atoms with Crippen molar-refractivity contribution in [2.75, 3.05) is 43.4 Å². The van der Waals surface area contributed by atoms with E-state index in [4.69, 9.17) is 11.6 Å². The summed E-state index contributed by atoms with van der Waals surface area (Å²) in [6, 6.07) is 9.80. The van der Waals surface area contributed by atoms with Gasteiger partial charge in [0.2, 0.25) is 0 Å². The van der Waals surface area contributed by atoms with E-state index >= 15 is 0 Å². The number of hydrogen-bond donors (Lipinski definition) is 2. The van der Waals surface area contributed by atoms with Crippen molar-refractivity contribution < 1.29 is 13.2 Å². The Hall–Kier alpha value is -2.55. The molecule has 1 aromatic heterocycles. The van der Waals surface area contributed by atoms with Crippen LogP contribution in [-0.2, 0) is 12.7 Å². The van der Waals surface area contributed by atoms with Crippen LogP contribution in [0.1, 0.15) is 31.9 Å². The molecule has 0 unspecified atom stereocenters. The number of anilines is 3. The van der Waals surface area contributed by atoms with Crippen molar-refractivity contribution >= 4 is 39.6 Å². The van der Waals surface area contributed by atoms with Crippen LogP contribution in [0.2, 0.25) is 5.02 Å². The molecule has 0 radical (unpaired) electrons. The number of benzene rings is 2. The highest BCUT2D eigenvalue weighted by Gasteiger charge is 2.36. The van der Waals surface area contributed by atoms with E-state index < -0.39 is 11.7 Å². The highest BCUT2D eigenvalue weighted by atomic mass is 35.5. The van der Waals surface area contributed by atoms with Crippen molar-refractivity contribution in [2.24, 2.45) is 0 Å². The first-order chi connectivity index (χ1) is 16.5. The Morgan fingerprint density at radius 1 is 1.00 bits per heavy atom. The van der Waals surface area contributed by atoms with E-state index in [-0.39, 0.29) is 11.2 Å². The van der Waals surface area contributed by atoms with E-state index in [0.29, 0.717) is 41.5 Å². The first kappa shape index (κ1) is 25.5. The Morgan fingerprint density at radius 2 is 1.71 bits per heavy atom. The fraction of sp³-hybridized carbons (Fsp3) is 0.423. The zero-order chi connectivity index (χ0) is 25.4. The van der Waals surface area contributed by atoms with Crippen LogP contribution in [0.25, 0.3) is 10.9 Å². The number of alkyl halides is 3. The van der Waals surface area contributed by atoms with Crippen LogP contribution in [0.4, 0.5) is 30.2 Å². The predicted octanol–water partition coefficient (Wildman–Crippen LogP) is 6.29. The average Bonchev–Trinajstić information content (AvgIpc) is 2.80. The van der Waals surface area contributed by atoms with Gasteiger partial charge in [-0.2, -0.15) is 13.2 Å². The summed E-state index contributed by atoms with van der Waals surface area (Å²) in [6.07, 6.45) is -2.76. The van der Waals surface area contributed by atoms with Gasteiger partial charge in [0.25, 0.3) is 0 Å². The highest BCUT2D eigenvalue weighted by molar-refractivity contribution is 6.31. The molecule has 4 rings (SSSR count). The van der Waals surface area contributed by atoms with Crippen molar-refractivity contribution in [3.63, 3.8) is 0 Å². The van der Waals surface area contributed by atoms with E-state index in [9.17, 15) is 13.2 Å². The monoisotopic (exact) mass is 505 g/mol. The Labute approximate surface area is 209 Å². The Kier molecular flexibility index (Phi) is 7.18. The minimum absolute atomic E-state index is 0.00596. The Morgan fingerprint density at radius 3 is 2.34 bits per heavy atom. The number of nitrogens with one attached hydrogen (secondary N) is 2. The first-order valence-corrected chi connectivity index (χ1v) is 12.0. The number of aromatic nitrogens is 1. The minimum atomic E-state index is -4.48. The molecule has 1 fully saturated rings. The topological polar surface area (TPSA) is 43.4 Å². The van der Waals surface area contributed by atoms with Crippen molar-refractivity contribution in [3.8, 4) is 0 Å². The van der Waals surface area contributed by atoms with Gasteiger partial charge in [0.15, 0.2) is 0 Å². The maximum absolute atomic E-state index is 14.2. The molecular weight excluding hydrogens is 475 g/mol. The van der Waals surface area contributed by atoms with Gasteiger partial charge >= 0.3 is 6.18 Å². The molecule has 1 aliphatic rings. The van der Waals surface area contributed by atoms with Gasteiger partial charge in [-0.3, -0.25) is 9.88 Å². The van der Waals surface area contributed by atoms with Gasteiger partial charge in [0.1, 0.15) is 0 Å². The molecule has 3 aromatic rings. The molecule has 0 bridgehead atoms. The van der Waals surface area contributed by atoms with Gasteiger partial charge in [-0.1, -0.05) is 11.6 Å². The third-order valence-electron chi connectivity index (χ3n) is 6.42. The number of rotatable bonds is 5. The summed E-state index contributed by atoms with van der Waals surface area (Å²) in [5.41, 5.74) is 2.16. The lowest BCUT2D eigenvalue weighted by molar-refractivity contribution is -0.137. The smallest absolute Gasteiger partial charge is 0.368 e. The van der Waals surface area contributed by atoms with Crippen molar-refractivity contribution in [2.45, 2.75) is 39.0 Å². The normalized spacial score (nSPS) is 15.6. The molecule has 1 aliphatic heterocycles. The van der Waals surface area contributed by atoms with Crippen LogP contribution in [0.15, 0.2) is 42.6 Å². The van der Waals surface area contributed by atoms with Crippen molar-refractivity contribution in [1.82, 2.24) is 15.2 Å². The van der Waals surface area contributed by atoms with Crippen molar-refractivity contribution in [1.29, 1.82) is 0 Å². The minimum Gasteiger partial charge on any atom is -0.368 e. The van der Waals surface area contributed by atoms with Crippen molar-refractivity contribution in [3.05, 3.63) is 58.7 Å². The number of halogens is 4. The molecule has 2 aromatic carbocycles. The summed E-state index contributed by atoms with van der Waals surface area (Å²) < 4.78 is 42.6. The second-order valence-electron chi connectivity index (χ2n) is 9.85. The molecule has 9 heteroatoms. The van der Waals surface area contributed by atoms with E-state index in [1.807, 2.05) is 11.9 Å². The molecule has 2 heterocycles. The molecule has 0 atom stereocenters. The molecule has 0 saturated carbocycles. The maximum atomic E-state index is 14.2. The van der Waals surface area contributed by atoms with Crippen LogP contribution >= 0.6 is 11.6 Å². The summed E-state index contributed by atoms with van der Waals surface area (Å²) in [6.45, 7) is 9.42. The van der Waals surface area contributed by atoms with Gasteiger partial charge in [0.05, 0.1) is 16.8 Å². The largest absolute Gasteiger partial charge is 0.418 e. The fourth-order valence-corrected chi connectivity index (χ4v) is 4.73. The lowest BCUT2D eigenvalue weighted by Gasteiger charge is -2.43. The summed E-state index contributed by atoms with van der Waals surface area (Å²) in [4.78, 5) is 8.61. The van der Waals surface area contributed by atoms with Gasteiger partial charge in [-0.15, -0.1) is 0 Å². The van der Waals surface area contributed by atoms with E-state index in [1.165, 1.54) is 6.07 Å². The van der Waals surface area contributed by atoms with Crippen LogP contribution in [0.5, 0.6) is 0 Å². The molecule has 0 spiro atoms. The second kappa shape index (κ2) is 9.84. The Balaban J connectivity index is 1.70. The number of piperazine rings is 1. The number of fused-ring (bicyclic) bond motifs is 1. The summed E-state index contributed by atoms with van der Waals surface area (Å²) in [5, 5.41) is 7.60. The van der Waals surface area contributed by atoms with Crippen LogP contribution < -0.4 is 15.5 Å². The van der Waals surface area contributed by atoms with Gasteiger partial charge < -0.3 is 15.5 Å². The molecule has 1 saturated heterocycles. The first-order valence-electron chi connectivity index (χ1n) is 11.7. The average molecular weight is 506 g/mol. The van der Waals surface area contributed by atoms with Crippen LogP contribution in [0, 0.1) is 0 Å². The molecule has 0 amide bonds. The lowest BCUT2D eigenvalue weighted by atomic mass is 10.0. The molecular formula is C26H31ClF3N5. The fourth-order valence-electron chi connectivity index (χ4n) is 4.56. The van der Waals surface area contributed by atoms with Crippen LogP contribution in [-0.4, -0.2) is 48.6 Å². The standard InChI is InChI=1S/C26H31ClF3N5/c1-25(2,3)35-11-9-34(10-12-35)23-8-6-19(14-21(23)26(28,29)30)33-24-17(15-31-4)16-32-22-7-5-18(27)13-20(22)24/h5-8,13-14,16,31H,9-12,15H2,1-4H3,(H,32,33). The number of pyridine rings is 1.